The van der Waals surface area contributed by atoms with Crippen LogP contribution in [-0.2, 0) is 0 Å². The zero-order valence-electron chi connectivity index (χ0n) is 12.9. The van der Waals surface area contributed by atoms with Gasteiger partial charge in [0, 0.05) is 6.04 Å². The molecular formula is C16H35N. The highest BCUT2D eigenvalue weighted by molar-refractivity contribution is 4.82. The first-order chi connectivity index (χ1) is 8.24. The van der Waals surface area contributed by atoms with Gasteiger partial charge in [0.1, 0.15) is 0 Å². The molecule has 0 amide bonds. The van der Waals surface area contributed by atoms with Crippen LogP contribution in [0.4, 0.5) is 0 Å². The standard InChI is InChI=1S/C16H35N/c1-6-11-15(12-7-2)16(17-13-8-3)14(9-4)10-5/h14-17H,6-13H2,1-5H3. The van der Waals surface area contributed by atoms with E-state index in [-0.39, 0.29) is 0 Å². The molecule has 17 heavy (non-hydrogen) atoms. The fourth-order valence-electron chi connectivity index (χ4n) is 3.07. The van der Waals surface area contributed by atoms with Crippen LogP contribution in [0.3, 0.4) is 0 Å². The van der Waals surface area contributed by atoms with Crippen molar-refractivity contribution in [2.24, 2.45) is 11.8 Å². The normalized spacial score (nSPS) is 13.6. The van der Waals surface area contributed by atoms with Gasteiger partial charge in [0.05, 0.1) is 0 Å². The molecule has 0 aromatic rings. The Hall–Kier alpha value is -0.0400. The minimum atomic E-state index is 0.754. The Kier molecular flexibility index (Phi) is 11.0. The van der Waals surface area contributed by atoms with Crippen LogP contribution in [0.2, 0.25) is 0 Å². The lowest BCUT2D eigenvalue weighted by Gasteiger charge is -2.34. The molecule has 0 aromatic heterocycles. The zero-order valence-corrected chi connectivity index (χ0v) is 12.9. The van der Waals surface area contributed by atoms with E-state index in [2.05, 4.69) is 39.9 Å². The summed E-state index contributed by atoms with van der Waals surface area (Å²) in [6, 6.07) is 0.754. The molecule has 0 radical (unpaired) electrons. The summed E-state index contributed by atoms with van der Waals surface area (Å²) in [5, 5.41) is 3.84. The van der Waals surface area contributed by atoms with Gasteiger partial charge in [-0.2, -0.15) is 0 Å². The fraction of sp³-hybridized carbons (Fsp3) is 1.00. The Morgan fingerprint density at radius 3 is 1.59 bits per heavy atom. The lowest BCUT2D eigenvalue weighted by atomic mass is 9.80. The molecule has 0 spiro atoms. The Morgan fingerprint density at radius 2 is 1.24 bits per heavy atom. The summed E-state index contributed by atoms with van der Waals surface area (Å²) in [5.41, 5.74) is 0. The SMILES string of the molecule is CCCNC(C(CC)CC)C(CCC)CCC. The van der Waals surface area contributed by atoms with E-state index in [9.17, 15) is 0 Å². The predicted octanol–water partition coefficient (Wildman–Crippen LogP) is 5.01. The van der Waals surface area contributed by atoms with Gasteiger partial charge in [-0.15, -0.1) is 0 Å². The fourth-order valence-corrected chi connectivity index (χ4v) is 3.07. The molecule has 0 saturated carbocycles. The molecule has 0 saturated heterocycles. The van der Waals surface area contributed by atoms with Crippen molar-refractivity contribution in [2.45, 2.75) is 85.6 Å². The van der Waals surface area contributed by atoms with Crippen LogP contribution in [0.1, 0.15) is 79.6 Å². The Balaban J connectivity index is 4.56. The average molecular weight is 241 g/mol. The molecule has 0 aliphatic heterocycles. The average Bonchev–Trinajstić information content (AvgIpc) is 2.34. The lowest BCUT2D eigenvalue weighted by Crippen LogP contribution is -2.42. The molecule has 1 unspecified atom stereocenters. The van der Waals surface area contributed by atoms with E-state index in [4.69, 9.17) is 0 Å². The van der Waals surface area contributed by atoms with Crippen LogP contribution in [0, 0.1) is 11.8 Å². The van der Waals surface area contributed by atoms with Crippen molar-refractivity contribution in [2.75, 3.05) is 6.54 Å². The van der Waals surface area contributed by atoms with Crippen LogP contribution in [0.25, 0.3) is 0 Å². The van der Waals surface area contributed by atoms with Crippen molar-refractivity contribution in [3.8, 4) is 0 Å². The molecule has 0 aliphatic carbocycles. The van der Waals surface area contributed by atoms with Gasteiger partial charge in [-0.3, -0.25) is 0 Å². The summed E-state index contributed by atoms with van der Waals surface area (Å²) in [5.74, 6) is 1.76. The van der Waals surface area contributed by atoms with Gasteiger partial charge in [-0.25, -0.2) is 0 Å². The number of hydrogen-bond donors (Lipinski definition) is 1. The van der Waals surface area contributed by atoms with Gasteiger partial charge >= 0.3 is 0 Å². The highest BCUT2D eigenvalue weighted by Crippen LogP contribution is 2.26. The molecule has 0 heterocycles. The maximum absolute atomic E-state index is 3.84. The van der Waals surface area contributed by atoms with Crippen LogP contribution in [0.5, 0.6) is 0 Å². The van der Waals surface area contributed by atoms with Gasteiger partial charge in [0.2, 0.25) is 0 Å². The topological polar surface area (TPSA) is 12.0 Å². The number of nitrogens with one attached hydrogen (secondary N) is 1. The maximum Gasteiger partial charge on any atom is 0.0123 e. The van der Waals surface area contributed by atoms with Crippen LogP contribution in [-0.4, -0.2) is 12.6 Å². The van der Waals surface area contributed by atoms with Crippen molar-refractivity contribution in [1.82, 2.24) is 5.32 Å². The molecule has 0 rings (SSSR count). The second kappa shape index (κ2) is 11.1. The molecule has 0 bridgehead atoms. The smallest absolute Gasteiger partial charge is 0.0123 e. The van der Waals surface area contributed by atoms with E-state index in [1.807, 2.05) is 0 Å². The Morgan fingerprint density at radius 1 is 0.706 bits per heavy atom. The molecule has 1 heteroatoms. The highest BCUT2D eigenvalue weighted by Gasteiger charge is 2.25. The summed E-state index contributed by atoms with van der Waals surface area (Å²) in [6.07, 6.45) is 9.34. The summed E-state index contributed by atoms with van der Waals surface area (Å²) in [4.78, 5) is 0. The second-order valence-corrected chi connectivity index (χ2v) is 5.39. The quantitative estimate of drug-likeness (QED) is 0.536. The Labute approximate surface area is 110 Å². The summed E-state index contributed by atoms with van der Waals surface area (Å²) in [7, 11) is 0. The van der Waals surface area contributed by atoms with Gasteiger partial charge in [-0.1, -0.05) is 60.3 Å². The lowest BCUT2D eigenvalue weighted by molar-refractivity contribution is 0.220. The molecule has 0 aliphatic rings. The third-order valence-electron chi connectivity index (χ3n) is 4.01. The van der Waals surface area contributed by atoms with E-state index in [0.717, 1.165) is 17.9 Å². The van der Waals surface area contributed by atoms with Crippen molar-refractivity contribution < 1.29 is 0 Å². The first kappa shape index (κ1) is 17.0. The van der Waals surface area contributed by atoms with Crippen molar-refractivity contribution >= 4 is 0 Å². The predicted molar refractivity (Wildman–Crippen MR) is 79.5 cm³/mol. The van der Waals surface area contributed by atoms with Crippen LogP contribution >= 0.6 is 0 Å². The highest BCUT2D eigenvalue weighted by atomic mass is 14.9. The van der Waals surface area contributed by atoms with Crippen molar-refractivity contribution in [3.63, 3.8) is 0 Å². The van der Waals surface area contributed by atoms with E-state index in [1.54, 1.807) is 0 Å². The van der Waals surface area contributed by atoms with Crippen LogP contribution < -0.4 is 5.32 Å². The number of hydrogen-bond acceptors (Lipinski definition) is 1. The minimum Gasteiger partial charge on any atom is -0.313 e. The number of rotatable bonds is 11. The van der Waals surface area contributed by atoms with E-state index in [1.165, 1.54) is 51.5 Å². The minimum absolute atomic E-state index is 0.754. The summed E-state index contributed by atoms with van der Waals surface area (Å²) in [6.45, 7) is 12.8. The summed E-state index contributed by atoms with van der Waals surface area (Å²) < 4.78 is 0. The largest absolute Gasteiger partial charge is 0.313 e. The molecule has 1 N–H and O–H groups in total. The molecule has 0 aromatic carbocycles. The maximum atomic E-state index is 3.84. The first-order valence-corrected chi connectivity index (χ1v) is 7.98. The molecule has 1 nitrogen and oxygen atoms in total. The summed E-state index contributed by atoms with van der Waals surface area (Å²) >= 11 is 0. The van der Waals surface area contributed by atoms with E-state index < -0.39 is 0 Å². The second-order valence-electron chi connectivity index (χ2n) is 5.39. The molecule has 1 atom stereocenters. The zero-order chi connectivity index (χ0) is 13.1. The monoisotopic (exact) mass is 241 g/mol. The van der Waals surface area contributed by atoms with E-state index in [0.29, 0.717) is 0 Å². The van der Waals surface area contributed by atoms with Gasteiger partial charge in [-0.05, 0) is 37.6 Å². The van der Waals surface area contributed by atoms with Crippen molar-refractivity contribution in [1.29, 1.82) is 0 Å². The molecule has 104 valence electrons. The third-order valence-corrected chi connectivity index (χ3v) is 4.01. The van der Waals surface area contributed by atoms with Gasteiger partial charge < -0.3 is 5.32 Å². The Bertz CT molecular complexity index is 146. The van der Waals surface area contributed by atoms with E-state index >= 15 is 0 Å². The van der Waals surface area contributed by atoms with Gasteiger partial charge in [0.25, 0.3) is 0 Å². The first-order valence-electron chi connectivity index (χ1n) is 7.98. The van der Waals surface area contributed by atoms with Crippen LogP contribution in [0.15, 0.2) is 0 Å². The van der Waals surface area contributed by atoms with Crippen molar-refractivity contribution in [3.05, 3.63) is 0 Å². The molecular weight excluding hydrogens is 206 g/mol. The molecule has 0 fully saturated rings. The third kappa shape index (κ3) is 6.45. The van der Waals surface area contributed by atoms with Gasteiger partial charge in [0.15, 0.2) is 0 Å².